The van der Waals surface area contributed by atoms with Gasteiger partial charge in [0.1, 0.15) is 18.7 Å². The molecular weight excluding hydrogens is 454 g/mol. The first-order valence-corrected chi connectivity index (χ1v) is 12.9. The van der Waals surface area contributed by atoms with Crippen molar-refractivity contribution in [2.45, 2.75) is 57.5 Å². The van der Waals surface area contributed by atoms with Crippen LogP contribution >= 0.6 is 11.6 Å². The van der Waals surface area contributed by atoms with Crippen LogP contribution < -0.4 is 10.2 Å². The molecule has 4 aliphatic rings. The normalized spacial score (nSPS) is 25.0. The van der Waals surface area contributed by atoms with Crippen LogP contribution in [0.1, 0.15) is 61.7 Å². The van der Waals surface area contributed by atoms with E-state index in [1.165, 1.54) is 12.8 Å². The van der Waals surface area contributed by atoms with Crippen LogP contribution in [0.2, 0.25) is 5.02 Å². The van der Waals surface area contributed by atoms with Crippen molar-refractivity contribution in [1.82, 2.24) is 10.2 Å². The minimum Gasteiger partial charge on any atom is -0.461 e. The molecule has 2 saturated heterocycles. The van der Waals surface area contributed by atoms with Crippen LogP contribution in [0.4, 0.5) is 5.69 Å². The Labute approximate surface area is 206 Å². The van der Waals surface area contributed by atoms with Gasteiger partial charge in [0.2, 0.25) is 6.79 Å². The largest absolute Gasteiger partial charge is 0.461 e. The summed E-state index contributed by atoms with van der Waals surface area (Å²) in [4.78, 5) is 28.5. The summed E-state index contributed by atoms with van der Waals surface area (Å²) in [5.41, 5.74) is 1.86. The Hall–Kier alpha value is -2.25. The number of anilines is 1. The van der Waals surface area contributed by atoms with Crippen LogP contribution in [0, 0.1) is 11.3 Å². The van der Waals surface area contributed by atoms with Gasteiger partial charge in [-0.25, -0.2) is 0 Å². The number of hydrogen-bond donors (Lipinski definition) is 1. The fourth-order valence-electron chi connectivity index (χ4n) is 6.03. The number of rotatable bonds is 5. The van der Waals surface area contributed by atoms with Gasteiger partial charge in [-0.3, -0.25) is 10.1 Å². The average Bonchev–Trinajstić information content (AvgIpc) is 3.41. The number of hydrogen-bond acceptors (Lipinski definition) is 6. The standard InChI is InChI=1S/C26H34ClN3O4/c27-21-3-2-20(16-22(21)30-12-1-11-28-24(30)23-17-33-18-34-23)25(32)29-13-9-26(10-14-29)7-4-19(5-8-26)6-15-31/h2-3,15-17,19,24,28H,1,4-14,18H2. The van der Waals surface area contributed by atoms with Crippen molar-refractivity contribution < 1.29 is 19.1 Å². The van der Waals surface area contributed by atoms with E-state index in [1.807, 2.05) is 23.1 Å². The molecule has 5 rings (SSSR count). The van der Waals surface area contributed by atoms with Crippen molar-refractivity contribution in [2.24, 2.45) is 11.3 Å². The van der Waals surface area contributed by atoms with Gasteiger partial charge in [-0.1, -0.05) is 11.6 Å². The zero-order chi connectivity index (χ0) is 23.5. The number of amides is 1. The molecule has 3 aliphatic heterocycles. The van der Waals surface area contributed by atoms with Gasteiger partial charge in [0, 0.05) is 31.6 Å². The molecule has 1 N–H and O–H groups in total. The molecule has 1 unspecified atom stereocenters. The van der Waals surface area contributed by atoms with Crippen molar-refractivity contribution >= 4 is 29.5 Å². The summed E-state index contributed by atoms with van der Waals surface area (Å²) in [5, 5.41) is 4.09. The maximum atomic E-state index is 13.4. The highest BCUT2D eigenvalue weighted by molar-refractivity contribution is 6.33. The average molecular weight is 488 g/mol. The van der Waals surface area contributed by atoms with Gasteiger partial charge in [0.25, 0.3) is 5.91 Å². The van der Waals surface area contributed by atoms with Gasteiger partial charge in [0.05, 0.1) is 10.7 Å². The van der Waals surface area contributed by atoms with E-state index >= 15 is 0 Å². The molecule has 1 amide bonds. The monoisotopic (exact) mass is 487 g/mol. The summed E-state index contributed by atoms with van der Waals surface area (Å²) < 4.78 is 10.9. The Balaban J connectivity index is 1.26. The van der Waals surface area contributed by atoms with Gasteiger partial charge < -0.3 is 24.1 Å². The number of nitrogens with zero attached hydrogens (tertiary/aromatic N) is 2. The highest BCUT2D eigenvalue weighted by Crippen LogP contribution is 2.47. The maximum absolute atomic E-state index is 13.4. The summed E-state index contributed by atoms with van der Waals surface area (Å²) in [5.74, 6) is 1.36. The molecule has 7 nitrogen and oxygen atoms in total. The highest BCUT2D eigenvalue weighted by atomic mass is 35.5. The van der Waals surface area contributed by atoms with Crippen LogP contribution in [0.25, 0.3) is 0 Å². The summed E-state index contributed by atoms with van der Waals surface area (Å²) in [7, 11) is 0. The Morgan fingerprint density at radius 2 is 1.97 bits per heavy atom. The predicted octanol–water partition coefficient (Wildman–Crippen LogP) is 4.31. The second kappa shape index (κ2) is 10.2. The number of nitrogens with one attached hydrogen (secondary N) is 1. The van der Waals surface area contributed by atoms with Gasteiger partial charge in [0.15, 0.2) is 5.76 Å². The van der Waals surface area contributed by atoms with E-state index in [9.17, 15) is 9.59 Å². The van der Waals surface area contributed by atoms with Crippen molar-refractivity contribution in [3.05, 3.63) is 40.8 Å². The van der Waals surface area contributed by atoms with Crippen molar-refractivity contribution in [3.63, 3.8) is 0 Å². The molecule has 184 valence electrons. The van der Waals surface area contributed by atoms with Crippen LogP contribution in [-0.4, -0.2) is 56.2 Å². The number of carbonyl (C=O) groups excluding carboxylic acids is 2. The fraction of sp³-hybridized carbons (Fsp3) is 0.615. The molecule has 1 saturated carbocycles. The number of aldehydes is 1. The van der Waals surface area contributed by atoms with E-state index in [1.54, 1.807) is 6.26 Å². The predicted molar refractivity (Wildman–Crippen MR) is 131 cm³/mol. The first-order valence-electron chi connectivity index (χ1n) is 12.6. The van der Waals surface area contributed by atoms with Gasteiger partial charge >= 0.3 is 0 Å². The van der Waals surface area contributed by atoms with Gasteiger partial charge in [-0.05, 0) is 81.0 Å². The number of carbonyl (C=O) groups is 2. The lowest BCUT2D eigenvalue weighted by Gasteiger charge is -2.46. The molecule has 3 fully saturated rings. The molecule has 1 spiro atoms. The zero-order valence-electron chi connectivity index (χ0n) is 19.6. The second-order valence-electron chi connectivity index (χ2n) is 10.2. The van der Waals surface area contributed by atoms with Gasteiger partial charge in [-0.2, -0.15) is 0 Å². The zero-order valence-corrected chi connectivity index (χ0v) is 20.4. The molecule has 3 heterocycles. The molecule has 1 aromatic rings. The van der Waals surface area contributed by atoms with E-state index in [0.717, 1.165) is 76.0 Å². The summed E-state index contributed by atoms with van der Waals surface area (Å²) in [6.45, 7) is 3.50. The molecule has 0 aromatic heterocycles. The number of halogens is 1. The Morgan fingerprint density at radius 1 is 1.18 bits per heavy atom. The lowest BCUT2D eigenvalue weighted by atomic mass is 9.65. The first kappa shape index (κ1) is 23.5. The van der Waals surface area contributed by atoms with Gasteiger partial charge in [-0.15, -0.1) is 0 Å². The molecule has 0 bridgehead atoms. The summed E-state index contributed by atoms with van der Waals surface area (Å²) in [6, 6.07) is 5.59. The SMILES string of the molecule is O=CCC1CCC2(CC1)CCN(C(=O)c1ccc(Cl)c(N3CCCNC3C3=COCO3)c1)CC2. The molecule has 1 atom stereocenters. The third kappa shape index (κ3) is 4.78. The van der Waals surface area contributed by atoms with Crippen LogP contribution in [0.15, 0.2) is 30.2 Å². The molecule has 0 radical (unpaired) electrons. The Kier molecular flexibility index (Phi) is 7.02. The molecule has 1 aromatic carbocycles. The number of ether oxygens (including phenoxy) is 2. The van der Waals surface area contributed by atoms with Crippen molar-refractivity contribution in [2.75, 3.05) is 37.9 Å². The van der Waals surface area contributed by atoms with E-state index in [-0.39, 0.29) is 18.9 Å². The maximum Gasteiger partial charge on any atom is 0.253 e. The second-order valence-corrected chi connectivity index (χ2v) is 10.6. The highest BCUT2D eigenvalue weighted by Gasteiger charge is 2.39. The first-order chi connectivity index (χ1) is 16.6. The fourth-order valence-corrected chi connectivity index (χ4v) is 6.26. The quantitative estimate of drug-likeness (QED) is 0.624. The van der Waals surface area contributed by atoms with Crippen LogP contribution in [0.5, 0.6) is 0 Å². The summed E-state index contributed by atoms with van der Waals surface area (Å²) >= 11 is 6.62. The smallest absolute Gasteiger partial charge is 0.253 e. The van der Waals surface area contributed by atoms with E-state index in [2.05, 4.69) is 10.2 Å². The van der Waals surface area contributed by atoms with E-state index in [4.69, 9.17) is 21.1 Å². The molecule has 34 heavy (non-hydrogen) atoms. The Bertz CT molecular complexity index is 934. The minimum atomic E-state index is -0.164. The van der Waals surface area contributed by atoms with Crippen molar-refractivity contribution in [3.8, 4) is 0 Å². The summed E-state index contributed by atoms with van der Waals surface area (Å²) in [6.07, 6.45) is 11.0. The number of benzene rings is 1. The van der Waals surface area contributed by atoms with E-state index in [0.29, 0.717) is 28.3 Å². The van der Waals surface area contributed by atoms with Crippen LogP contribution in [-0.2, 0) is 14.3 Å². The van der Waals surface area contributed by atoms with Crippen LogP contribution in [0.3, 0.4) is 0 Å². The molecule has 8 heteroatoms. The number of piperidine rings is 1. The van der Waals surface area contributed by atoms with E-state index < -0.39 is 0 Å². The Morgan fingerprint density at radius 3 is 2.68 bits per heavy atom. The third-order valence-corrected chi connectivity index (χ3v) is 8.52. The third-order valence-electron chi connectivity index (χ3n) is 8.20. The lowest BCUT2D eigenvalue weighted by molar-refractivity contribution is -0.109. The lowest BCUT2D eigenvalue weighted by Crippen LogP contribution is -2.53. The van der Waals surface area contributed by atoms with Crippen molar-refractivity contribution in [1.29, 1.82) is 0 Å². The molecular formula is C26H34ClN3O4. The molecule has 1 aliphatic carbocycles. The minimum absolute atomic E-state index is 0.0728. The number of likely N-dealkylation sites (tertiary alicyclic amines) is 1. The topological polar surface area (TPSA) is 71.1 Å².